The first-order valence-electron chi connectivity index (χ1n) is 6.17. The molecule has 0 aromatic carbocycles. The Bertz CT molecular complexity index is 382. The zero-order valence-electron chi connectivity index (χ0n) is 11.3. The minimum absolute atomic E-state index is 0.0452. The van der Waals surface area contributed by atoms with Gasteiger partial charge in [0.15, 0.2) is 6.10 Å². The molecule has 7 heteroatoms. The lowest BCUT2D eigenvalue weighted by Gasteiger charge is -2.51. The number of carbonyl (C=O) groups is 2. The van der Waals surface area contributed by atoms with E-state index in [2.05, 4.69) is 0 Å². The SMILES string of the molecule is CC(C)(C)OC(=O)N1CC2(COCC(C(=O)O)O2)C1. The van der Waals surface area contributed by atoms with E-state index in [9.17, 15) is 9.59 Å². The molecule has 2 aliphatic heterocycles. The van der Waals surface area contributed by atoms with Gasteiger partial charge in [-0.3, -0.25) is 0 Å². The standard InChI is InChI=1S/C12H19NO6/c1-11(2,3)19-10(16)13-5-12(6-13)7-17-4-8(18-12)9(14)15/h8H,4-7H2,1-3H3,(H,14,15). The Morgan fingerprint density at radius 1 is 1.37 bits per heavy atom. The van der Waals surface area contributed by atoms with Crippen LogP contribution >= 0.6 is 0 Å². The molecule has 2 heterocycles. The highest BCUT2D eigenvalue weighted by molar-refractivity contribution is 5.73. The first kappa shape index (κ1) is 14.1. The fourth-order valence-corrected chi connectivity index (χ4v) is 2.11. The molecule has 2 rings (SSSR count). The van der Waals surface area contributed by atoms with Gasteiger partial charge in [0.25, 0.3) is 0 Å². The van der Waals surface area contributed by atoms with Crippen LogP contribution < -0.4 is 0 Å². The molecule has 1 N–H and O–H groups in total. The maximum atomic E-state index is 11.8. The molecule has 0 bridgehead atoms. The number of carboxylic acid groups (broad SMARTS) is 1. The fraction of sp³-hybridized carbons (Fsp3) is 0.833. The summed E-state index contributed by atoms with van der Waals surface area (Å²) < 4.78 is 16.0. The van der Waals surface area contributed by atoms with Crippen molar-refractivity contribution in [2.24, 2.45) is 0 Å². The van der Waals surface area contributed by atoms with Gasteiger partial charge in [0.2, 0.25) is 0 Å². The lowest BCUT2D eigenvalue weighted by atomic mass is 9.94. The number of hydrogen-bond acceptors (Lipinski definition) is 5. The van der Waals surface area contributed by atoms with E-state index in [0.717, 1.165) is 0 Å². The number of carbonyl (C=O) groups excluding carboxylic acids is 1. The molecule has 0 radical (unpaired) electrons. The van der Waals surface area contributed by atoms with Gasteiger partial charge in [0.05, 0.1) is 26.3 Å². The summed E-state index contributed by atoms with van der Waals surface area (Å²) in [5, 5.41) is 8.91. The smallest absolute Gasteiger partial charge is 0.410 e. The van der Waals surface area contributed by atoms with Crippen LogP contribution in [-0.4, -0.2) is 65.7 Å². The van der Waals surface area contributed by atoms with Crippen molar-refractivity contribution in [2.75, 3.05) is 26.3 Å². The van der Waals surface area contributed by atoms with Gasteiger partial charge in [-0.2, -0.15) is 0 Å². The number of rotatable bonds is 1. The fourth-order valence-electron chi connectivity index (χ4n) is 2.11. The van der Waals surface area contributed by atoms with E-state index in [1.807, 2.05) is 0 Å². The van der Waals surface area contributed by atoms with Crippen LogP contribution in [0.4, 0.5) is 4.79 Å². The number of aliphatic carboxylic acids is 1. The third-order valence-electron chi connectivity index (χ3n) is 2.91. The molecule has 7 nitrogen and oxygen atoms in total. The van der Waals surface area contributed by atoms with E-state index in [0.29, 0.717) is 19.7 Å². The maximum absolute atomic E-state index is 11.8. The predicted molar refractivity (Wildman–Crippen MR) is 63.9 cm³/mol. The van der Waals surface area contributed by atoms with Gasteiger partial charge in [-0.15, -0.1) is 0 Å². The molecule has 1 spiro atoms. The number of hydrogen-bond donors (Lipinski definition) is 1. The average molecular weight is 273 g/mol. The molecule has 0 aliphatic carbocycles. The Morgan fingerprint density at radius 2 is 2.00 bits per heavy atom. The van der Waals surface area contributed by atoms with Crippen molar-refractivity contribution in [3.8, 4) is 0 Å². The lowest BCUT2D eigenvalue weighted by Crippen LogP contribution is -2.70. The van der Waals surface area contributed by atoms with E-state index in [1.165, 1.54) is 4.90 Å². The van der Waals surface area contributed by atoms with Crippen LogP contribution in [0.25, 0.3) is 0 Å². The summed E-state index contributed by atoms with van der Waals surface area (Å²) in [7, 11) is 0. The third-order valence-corrected chi connectivity index (χ3v) is 2.91. The van der Waals surface area contributed by atoms with E-state index in [-0.39, 0.29) is 6.61 Å². The maximum Gasteiger partial charge on any atom is 0.410 e. The van der Waals surface area contributed by atoms with Gasteiger partial charge in [0.1, 0.15) is 11.2 Å². The zero-order chi connectivity index (χ0) is 14.3. The van der Waals surface area contributed by atoms with Crippen LogP contribution in [0.15, 0.2) is 0 Å². The quantitative estimate of drug-likeness (QED) is 0.747. The van der Waals surface area contributed by atoms with E-state index in [4.69, 9.17) is 19.3 Å². The minimum atomic E-state index is -1.05. The summed E-state index contributed by atoms with van der Waals surface area (Å²) in [5.74, 6) is -1.05. The molecule has 108 valence electrons. The van der Waals surface area contributed by atoms with E-state index < -0.39 is 29.4 Å². The highest BCUT2D eigenvalue weighted by atomic mass is 16.6. The van der Waals surface area contributed by atoms with Gasteiger partial charge >= 0.3 is 12.1 Å². The van der Waals surface area contributed by atoms with Gasteiger partial charge in [-0.05, 0) is 20.8 Å². The number of ether oxygens (including phenoxy) is 3. The molecule has 0 aromatic heterocycles. The molecular formula is C12H19NO6. The Labute approximate surface area is 111 Å². The van der Waals surface area contributed by atoms with E-state index in [1.54, 1.807) is 20.8 Å². The Kier molecular flexibility index (Phi) is 3.44. The zero-order valence-corrected chi connectivity index (χ0v) is 11.3. The van der Waals surface area contributed by atoms with Gasteiger partial charge in [0, 0.05) is 0 Å². The van der Waals surface area contributed by atoms with Crippen molar-refractivity contribution >= 4 is 12.1 Å². The third kappa shape index (κ3) is 3.16. The van der Waals surface area contributed by atoms with Crippen LogP contribution in [0.3, 0.4) is 0 Å². The second-order valence-electron chi connectivity index (χ2n) is 5.98. The normalized spacial score (nSPS) is 25.8. The van der Waals surface area contributed by atoms with Crippen molar-refractivity contribution < 1.29 is 28.9 Å². The molecule has 1 unspecified atom stereocenters. The molecule has 2 fully saturated rings. The Morgan fingerprint density at radius 3 is 2.53 bits per heavy atom. The highest BCUT2D eigenvalue weighted by Gasteiger charge is 2.52. The van der Waals surface area contributed by atoms with Gasteiger partial charge in [-0.1, -0.05) is 0 Å². The number of carboxylic acids is 1. The predicted octanol–water partition coefficient (Wildman–Crippen LogP) is 0.476. The molecule has 0 saturated carbocycles. The Balaban J connectivity index is 1.88. The molecule has 0 aromatic rings. The van der Waals surface area contributed by atoms with Crippen molar-refractivity contribution in [1.29, 1.82) is 0 Å². The molecule has 1 amide bonds. The first-order chi connectivity index (χ1) is 8.71. The van der Waals surface area contributed by atoms with Crippen molar-refractivity contribution in [3.05, 3.63) is 0 Å². The van der Waals surface area contributed by atoms with Gasteiger partial charge < -0.3 is 24.2 Å². The Hall–Kier alpha value is -1.34. The van der Waals surface area contributed by atoms with Crippen LogP contribution in [-0.2, 0) is 19.0 Å². The summed E-state index contributed by atoms with van der Waals surface area (Å²) in [5.41, 5.74) is -1.24. The lowest BCUT2D eigenvalue weighted by molar-refractivity contribution is -0.245. The number of likely N-dealkylation sites (tertiary alicyclic amines) is 1. The van der Waals surface area contributed by atoms with Crippen LogP contribution in [0.2, 0.25) is 0 Å². The first-order valence-corrected chi connectivity index (χ1v) is 6.17. The van der Waals surface area contributed by atoms with Crippen molar-refractivity contribution in [3.63, 3.8) is 0 Å². The van der Waals surface area contributed by atoms with Crippen molar-refractivity contribution in [1.82, 2.24) is 4.90 Å². The van der Waals surface area contributed by atoms with Crippen LogP contribution in [0.1, 0.15) is 20.8 Å². The molecule has 1 atom stereocenters. The summed E-state index contributed by atoms with van der Waals surface area (Å²) in [6.07, 6.45) is -1.38. The number of amides is 1. The molecule has 2 saturated heterocycles. The van der Waals surface area contributed by atoms with Crippen LogP contribution in [0, 0.1) is 0 Å². The summed E-state index contributed by atoms with van der Waals surface area (Å²) in [6.45, 7) is 6.32. The molecule has 19 heavy (non-hydrogen) atoms. The summed E-state index contributed by atoms with van der Waals surface area (Å²) in [4.78, 5) is 24.1. The van der Waals surface area contributed by atoms with E-state index >= 15 is 0 Å². The van der Waals surface area contributed by atoms with Crippen molar-refractivity contribution in [2.45, 2.75) is 38.1 Å². The second-order valence-corrected chi connectivity index (χ2v) is 5.98. The number of nitrogens with zero attached hydrogens (tertiary/aromatic N) is 1. The molecule has 2 aliphatic rings. The minimum Gasteiger partial charge on any atom is -0.479 e. The molecular weight excluding hydrogens is 254 g/mol. The topological polar surface area (TPSA) is 85.3 Å². The average Bonchev–Trinajstić information content (AvgIpc) is 2.23. The largest absolute Gasteiger partial charge is 0.479 e. The summed E-state index contributed by atoms with van der Waals surface area (Å²) in [6, 6.07) is 0. The van der Waals surface area contributed by atoms with Gasteiger partial charge in [-0.25, -0.2) is 9.59 Å². The second kappa shape index (κ2) is 4.64. The monoisotopic (exact) mass is 273 g/mol. The summed E-state index contributed by atoms with van der Waals surface area (Å²) >= 11 is 0. The van der Waals surface area contributed by atoms with Crippen LogP contribution in [0.5, 0.6) is 0 Å². The highest BCUT2D eigenvalue weighted by Crippen LogP contribution is 2.31.